The Kier molecular flexibility index (Phi) is 4.80. The van der Waals surface area contributed by atoms with Crippen LogP contribution in [0.1, 0.15) is 32.6 Å². The van der Waals surface area contributed by atoms with E-state index in [-0.39, 0.29) is 5.91 Å². The van der Waals surface area contributed by atoms with E-state index < -0.39 is 6.04 Å². The summed E-state index contributed by atoms with van der Waals surface area (Å²) in [6.07, 6.45) is 4.17. The van der Waals surface area contributed by atoms with Gasteiger partial charge in [0.25, 0.3) is 0 Å². The van der Waals surface area contributed by atoms with Gasteiger partial charge in [0.2, 0.25) is 5.91 Å². The van der Waals surface area contributed by atoms with Crippen LogP contribution in [0.3, 0.4) is 0 Å². The van der Waals surface area contributed by atoms with E-state index in [2.05, 4.69) is 5.32 Å². The Bertz CT molecular complexity index is 413. The number of carbonyl (C=O) groups excluding carboxylic acids is 1. The molecular formula is C15H22N2O2. The molecule has 0 spiro atoms. The summed E-state index contributed by atoms with van der Waals surface area (Å²) < 4.78 is 5.64. The van der Waals surface area contributed by atoms with E-state index in [1.807, 2.05) is 31.2 Å². The second-order valence-corrected chi connectivity index (χ2v) is 5.16. The number of carbonyl (C=O) groups is 1. The second kappa shape index (κ2) is 6.57. The van der Waals surface area contributed by atoms with Crippen LogP contribution in [0.4, 0.5) is 5.69 Å². The van der Waals surface area contributed by atoms with Crippen molar-refractivity contribution in [3.05, 3.63) is 24.3 Å². The lowest BCUT2D eigenvalue weighted by Crippen LogP contribution is -2.35. The maximum atomic E-state index is 11.7. The first-order valence-electron chi connectivity index (χ1n) is 6.98. The van der Waals surface area contributed by atoms with Gasteiger partial charge in [0, 0.05) is 5.69 Å². The first-order valence-corrected chi connectivity index (χ1v) is 6.98. The molecule has 0 saturated heterocycles. The highest BCUT2D eigenvalue weighted by molar-refractivity contribution is 5.94. The Hall–Kier alpha value is -1.55. The van der Waals surface area contributed by atoms with E-state index in [9.17, 15) is 4.79 Å². The quantitative estimate of drug-likeness (QED) is 0.793. The van der Waals surface area contributed by atoms with Gasteiger partial charge in [-0.2, -0.15) is 0 Å². The molecule has 1 atom stereocenters. The number of nitrogens with two attached hydrogens (primary N) is 1. The van der Waals surface area contributed by atoms with Crippen molar-refractivity contribution in [2.45, 2.75) is 38.6 Å². The number of nitrogens with one attached hydrogen (secondary N) is 1. The van der Waals surface area contributed by atoms with Crippen molar-refractivity contribution in [2.24, 2.45) is 11.7 Å². The highest BCUT2D eigenvalue weighted by Crippen LogP contribution is 2.29. The van der Waals surface area contributed by atoms with Crippen LogP contribution >= 0.6 is 0 Å². The molecule has 104 valence electrons. The average molecular weight is 262 g/mol. The lowest BCUT2D eigenvalue weighted by Gasteiger charge is -2.11. The number of rotatable bonds is 7. The third-order valence-corrected chi connectivity index (χ3v) is 3.24. The molecule has 19 heavy (non-hydrogen) atoms. The third kappa shape index (κ3) is 4.56. The number of ether oxygens (including phenoxy) is 1. The van der Waals surface area contributed by atoms with Crippen molar-refractivity contribution in [2.75, 3.05) is 11.9 Å². The van der Waals surface area contributed by atoms with Gasteiger partial charge in [0.1, 0.15) is 5.75 Å². The second-order valence-electron chi connectivity index (χ2n) is 5.16. The zero-order valence-electron chi connectivity index (χ0n) is 11.4. The van der Waals surface area contributed by atoms with Crippen molar-refractivity contribution in [3.63, 3.8) is 0 Å². The first-order chi connectivity index (χ1) is 9.19. The molecule has 2 rings (SSSR count). The molecule has 0 radical (unpaired) electrons. The summed E-state index contributed by atoms with van der Waals surface area (Å²) in [6, 6.07) is 7.01. The SMILES string of the molecule is CCCC(N)C(=O)Nc1ccc(OCC2CC2)cc1. The van der Waals surface area contributed by atoms with Crippen LogP contribution in [0.15, 0.2) is 24.3 Å². The van der Waals surface area contributed by atoms with Crippen molar-refractivity contribution in [1.29, 1.82) is 0 Å². The van der Waals surface area contributed by atoms with E-state index in [4.69, 9.17) is 10.5 Å². The Labute approximate surface area is 114 Å². The molecule has 1 amide bonds. The van der Waals surface area contributed by atoms with Crippen LogP contribution in [-0.2, 0) is 4.79 Å². The molecular weight excluding hydrogens is 240 g/mol. The lowest BCUT2D eigenvalue weighted by molar-refractivity contribution is -0.117. The number of anilines is 1. The van der Waals surface area contributed by atoms with Crippen molar-refractivity contribution in [3.8, 4) is 5.75 Å². The molecule has 1 saturated carbocycles. The van der Waals surface area contributed by atoms with Gasteiger partial charge in [0.05, 0.1) is 12.6 Å². The van der Waals surface area contributed by atoms with Gasteiger partial charge in [-0.05, 0) is 49.4 Å². The van der Waals surface area contributed by atoms with Crippen LogP contribution in [0.25, 0.3) is 0 Å². The summed E-state index contributed by atoms with van der Waals surface area (Å²) in [7, 11) is 0. The van der Waals surface area contributed by atoms with Crippen molar-refractivity contribution < 1.29 is 9.53 Å². The van der Waals surface area contributed by atoms with E-state index in [1.165, 1.54) is 12.8 Å². The van der Waals surface area contributed by atoms with Gasteiger partial charge in [-0.15, -0.1) is 0 Å². The fourth-order valence-corrected chi connectivity index (χ4v) is 1.81. The maximum Gasteiger partial charge on any atom is 0.241 e. The van der Waals surface area contributed by atoms with Crippen LogP contribution in [0.2, 0.25) is 0 Å². The van der Waals surface area contributed by atoms with Gasteiger partial charge >= 0.3 is 0 Å². The van der Waals surface area contributed by atoms with Crippen LogP contribution in [0, 0.1) is 5.92 Å². The molecule has 0 bridgehead atoms. The fraction of sp³-hybridized carbons (Fsp3) is 0.533. The summed E-state index contributed by atoms with van der Waals surface area (Å²) in [5, 5.41) is 2.81. The number of benzene rings is 1. The summed E-state index contributed by atoms with van der Waals surface area (Å²) in [5.41, 5.74) is 6.52. The molecule has 0 aromatic heterocycles. The molecule has 0 heterocycles. The minimum absolute atomic E-state index is 0.131. The molecule has 1 unspecified atom stereocenters. The first kappa shape index (κ1) is 13.9. The Morgan fingerprint density at radius 2 is 2.11 bits per heavy atom. The summed E-state index contributed by atoms with van der Waals surface area (Å²) >= 11 is 0. The van der Waals surface area contributed by atoms with Crippen molar-refractivity contribution >= 4 is 11.6 Å². The predicted molar refractivity (Wildman–Crippen MR) is 76.2 cm³/mol. The molecule has 4 heteroatoms. The average Bonchev–Trinajstić information content (AvgIpc) is 3.22. The van der Waals surface area contributed by atoms with Crippen LogP contribution in [0.5, 0.6) is 5.75 Å². The smallest absolute Gasteiger partial charge is 0.241 e. The van der Waals surface area contributed by atoms with Gasteiger partial charge in [0.15, 0.2) is 0 Å². The summed E-state index contributed by atoms with van der Waals surface area (Å²) in [6.45, 7) is 2.81. The molecule has 1 aliphatic carbocycles. The van der Waals surface area contributed by atoms with E-state index in [0.717, 1.165) is 30.4 Å². The van der Waals surface area contributed by atoms with Gasteiger partial charge in [-0.3, -0.25) is 4.79 Å². The Morgan fingerprint density at radius 3 is 2.68 bits per heavy atom. The molecule has 4 nitrogen and oxygen atoms in total. The molecule has 1 aliphatic rings. The largest absolute Gasteiger partial charge is 0.493 e. The molecule has 1 aromatic carbocycles. The highest BCUT2D eigenvalue weighted by atomic mass is 16.5. The summed E-state index contributed by atoms with van der Waals surface area (Å²) in [4.78, 5) is 11.7. The fourth-order valence-electron chi connectivity index (χ4n) is 1.81. The Balaban J connectivity index is 1.81. The predicted octanol–water partition coefficient (Wildman–Crippen LogP) is 2.54. The van der Waals surface area contributed by atoms with Crippen LogP contribution in [-0.4, -0.2) is 18.6 Å². The van der Waals surface area contributed by atoms with E-state index in [0.29, 0.717) is 6.42 Å². The van der Waals surface area contributed by atoms with E-state index in [1.54, 1.807) is 0 Å². The minimum Gasteiger partial charge on any atom is -0.493 e. The standard InChI is InChI=1S/C15H22N2O2/c1-2-3-14(16)15(18)17-12-6-8-13(9-7-12)19-10-11-4-5-11/h6-9,11,14H,2-5,10,16H2,1H3,(H,17,18). The number of hydrogen-bond acceptors (Lipinski definition) is 3. The highest BCUT2D eigenvalue weighted by Gasteiger charge is 2.21. The van der Waals surface area contributed by atoms with Gasteiger partial charge in [-0.1, -0.05) is 13.3 Å². The minimum atomic E-state index is -0.434. The van der Waals surface area contributed by atoms with Gasteiger partial charge < -0.3 is 15.8 Å². The molecule has 0 aliphatic heterocycles. The Morgan fingerprint density at radius 1 is 1.42 bits per heavy atom. The number of amides is 1. The monoisotopic (exact) mass is 262 g/mol. The molecule has 1 fully saturated rings. The lowest BCUT2D eigenvalue weighted by atomic mass is 10.1. The van der Waals surface area contributed by atoms with Crippen molar-refractivity contribution in [1.82, 2.24) is 0 Å². The third-order valence-electron chi connectivity index (χ3n) is 3.24. The normalized spacial score (nSPS) is 15.9. The maximum absolute atomic E-state index is 11.7. The van der Waals surface area contributed by atoms with E-state index >= 15 is 0 Å². The zero-order chi connectivity index (χ0) is 13.7. The zero-order valence-corrected chi connectivity index (χ0v) is 11.4. The molecule has 3 N–H and O–H groups in total. The topological polar surface area (TPSA) is 64.4 Å². The van der Waals surface area contributed by atoms with Gasteiger partial charge in [-0.25, -0.2) is 0 Å². The summed E-state index contributed by atoms with van der Waals surface area (Å²) in [5.74, 6) is 1.46. The van der Waals surface area contributed by atoms with Crippen LogP contribution < -0.4 is 15.8 Å². The number of hydrogen-bond donors (Lipinski definition) is 2. The molecule has 1 aromatic rings.